The Balaban J connectivity index is 2.39. The van der Waals surface area contributed by atoms with Crippen molar-refractivity contribution in [1.29, 1.82) is 5.26 Å². The van der Waals surface area contributed by atoms with Crippen LogP contribution in [0.15, 0.2) is 30.5 Å². The Bertz CT molecular complexity index is 477. The minimum Gasteiger partial charge on any atom is -0.254 e. The number of aromatic nitrogens is 1. The van der Waals surface area contributed by atoms with Crippen LogP contribution in [0, 0.1) is 18.3 Å². The second-order valence-corrected chi connectivity index (χ2v) is 4.24. The minimum atomic E-state index is 0.599. The monoisotopic (exact) mass is 200 g/mol. The molecule has 0 fully saturated rings. The van der Waals surface area contributed by atoms with E-state index in [4.69, 9.17) is 5.26 Å². The lowest BCUT2D eigenvalue weighted by atomic mass is 10.2. The number of hydrogen-bond acceptors (Lipinski definition) is 3. The molecule has 0 saturated carbocycles. The van der Waals surface area contributed by atoms with Crippen molar-refractivity contribution in [3.05, 3.63) is 40.9 Å². The maximum Gasteiger partial charge on any atom is 0.101 e. The van der Waals surface area contributed by atoms with Crippen LogP contribution in [0.2, 0.25) is 0 Å². The first kappa shape index (κ1) is 8.92. The molecule has 0 aliphatic rings. The molecule has 0 aliphatic heterocycles. The fourth-order valence-corrected chi connectivity index (χ4v) is 2.02. The van der Waals surface area contributed by atoms with Gasteiger partial charge in [0, 0.05) is 11.1 Å². The SMILES string of the molecule is Cc1ccc(-c2ccc(C#N)cn2)s1. The summed E-state index contributed by atoms with van der Waals surface area (Å²) in [6.45, 7) is 2.07. The lowest BCUT2D eigenvalue weighted by Crippen LogP contribution is -1.80. The summed E-state index contributed by atoms with van der Waals surface area (Å²) < 4.78 is 0. The highest BCUT2D eigenvalue weighted by Gasteiger charge is 2.01. The number of rotatable bonds is 1. The molecule has 2 heterocycles. The number of thiophene rings is 1. The molecule has 2 aromatic heterocycles. The van der Waals surface area contributed by atoms with Gasteiger partial charge < -0.3 is 0 Å². The molecule has 0 unspecified atom stereocenters. The van der Waals surface area contributed by atoms with Gasteiger partial charge in [-0.05, 0) is 31.2 Å². The van der Waals surface area contributed by atoms with Crippen molar-refractivity contribution in [3.8, 4) is 16.6 Å². The molecule has 0 spiro atoms. The van der Waals surface area contributed by atoms with Gasteiger partial charge in [-0.15, -0.1) is 11.3 Å². The summed E-state index contributed by atoms with van der Waals surface area (Å²) >= 11 is 1.71. The Hall–Kier alpha value is -1.66. The van der Waals surface area contributed by atoms with E-state index in [1.54, 1.807) is 23.6 Å². The normalized spacial score (nSPS) is 9.71. The molecule has 2 rings (SSSR count). The summed E-state index contributed by atoms with van der Waals surface area (Å²) in [5.41, 5.74) is 1.53. The first-order chi connectivity index (χ1) is 6.79. The molecule has 0 bridgehead atoms. The van der Waals surface area contributed by atoms with Crippen LogP contribution in [0.1, 0.15) is 10.4 Å². The van der Waals surface area contributed by atoms with E-state index in [2.05, 4.69) is 24.0 Å². The van der Waals surface area contributed by atoms with Gasteiger partial charge in [-0.25, -0.2) is 0 Å². The van der Waals surface area contributed by atoms with Gasteiger partial charge in [-0.2, -0.15) is 5.26 Å². The number of nitrogens with zero attached hydrogens (tertiary/aromatic N) is 2. The molecule has 0 amide bonds. The third-order valence-electron chi connectivity index (χ3n) is 1.89. The van der Waals surface area contributed by atoms with Crippen LogP contribution in [0.5, 0.6) is 0 Å². The Morgan fingerprint density at radius 2 is 2.14 bits per heavy atom. The van der Waals surface area contributed by atoms with Crippen molar-refractivity contribution in [2.75, 3.05) is 0 Å². The fraction of sp³-hybridized carbons (Fsp3) is 0.0909. The van der Waals surface area contributed by atoms with Crippen LogP contribution < -0.4 is 0 Å². The highest BCUT2D eigenvalue weighted by molar-refractivity contribution is 7.15. The Kier molecular flexibility index (Phi) is 2.30. The standard InChI is InChI=1S/C11H8N2S/c1-8-2-5-11(14-8)10-4-3-9(6-12)7-13-10/h2-5,7H,1H3. The van der Waals surface area contributed by atoms with Crippen molar-refractivity contribution in [1.82, 2.24) is 4.98 Å². The van der Waals surface area contributed by atoms with Gasteiger partial charge in [0.15, 0.2) is 0 Å². The van der Waals surface area contributed by atoms with E-state index in [0.29, 0.717) is 5.56 Å². The van der Waals surface area contributed by atoms with Gasteiger partial charge in [-0.1, -0.05) is 0 Å². The second kappa shape index (κ2) is 3.60. The second-order valence-electron chi connectivity index (χ2n) is 2.95. The zero-order chi connectivity index (χ0) is 9.97. The average molecular weight is 200 g/mol. The van der Waals surface area contributed by atoms with Crippen molar-refractivity contribution in [2.45, 2.75) is 6.92 Å². The van der Waals surface area contributed by atoms with Crippen molar-refractivity contribution < 1.29 is 0 Å². The van der Waals surface area contributed by atoms with E-state index < -0.39 is 0 Å². The van der Waals surface area contributed by atoms with Crippen LogP contribution in [0.4, 0.5) is 0 Å². The van der Waals surface area contributed by atoms with Gasteiger partial charge >= 0.3 is 0 Å². The van der Waals surface area contributed by atoms with E-state index in [0.717, 1.165) is 10.6 Å². The predicted molar refractivity (Wildman–Crippen MR) is 57.0 cm³/mol. The average Bonchev–Trinajstić information content (AvgIpc) is 2.65. The smallest absolute Gasteiger partial charge is 0.101 e. The molecule has 68 valence electrons. The number of hydrogen-bond donors (Lipinski definition) is 0. The third kappa shape index (κ3) is 1.66. The van der Waals surface area contributed by atoms with Crippen molar-refractivity contribution in [2.24, 2.45) is 0 Å². The zero-order valence-electron chi connectivity index (χ0n) is 7.69. The topological polar surface area (TPSA) is 36.7 Å². The quantitative estimate of drug-likeness (QED) is 0.709. The molecule has 0 aliphatic carbocycles. The van der Waals surface area contributed by atoms with Crippen LogP contribution in [0.3, 0.4) is 0 Å². The maximum absolute atomic E-state index is 8.62. The molecule has 0 saturated heterocycles. The molecule has 14 heavy (non-hydrogen) atoms. The number of aryl methyl sites for hydroxylation is 1. The zero-order valence-corrected chi connectivity index (χ0v) is 8.51. The van der Waals surface area contributed by atoms with Gasteiger partial charge in [0.25, 0.3) is 0 Å². The van der Waals surface area contributed by atoms with Crippen molar-refractivity contribution in [3.63, 3.8) is 0 Å². The predicted octanol–water partition coefficient (Wildman–Crippen LogP) is 2.99. The number of nitriles is 1. The van der Waals surface area contributed by atoms with E-state index in [-0.39, 0.29) is 0 Å². The Morgan fingerprint density at radius 3 is 2.64 bits per heavy atom. The largest absolute Gasteiger partial charge is 0.254 e. The lowest BCUT2D eigenvalue weighted by Gasteiger charge is -1.94. The molecule has 3 heteroatoms. The van der Waals surface area contributed by atoms with Gasteiger partial charge in [-0.3, -0.25) is 4.98 Å². The molecule has 0 atom stereocenters. The molecule has 0 radical (unpaired) electrons. The first-order valence-corrected chi connectivity index (χ1v) is 5.04. The summed E-state index contributed by atoms with van der Waals surface area (Å²) in [5, 5.41) is 8.62. The van der Waals surface area contributed by atoms with Crippen LogP contribution in [-0.2, 0) is 0 Å². The maximum atomic E-state index is 8.62. The van der Waals surface area contributed by atoms with Crippen molar-refractivity contribution >= 4 is 11.3 Å². The molecular weight excluding hydrogens is 192 g/mol. The molecule has 2 aromatic rings. The number of pyridine rings is 1. The third-order valence-corrected chi connectivity index (χ3v) is 2.91. The molecule has 0 aromatic carbocycles. The van der Waals surface area contributed by atoms with E-state index in [9.17, 15) is 0 Å². The summed E-state index contributed by atoms with van der Waals surface area (Å²) in [6, 6.07) is 9.84. The van der Waals surface area contributed by atoms with Crippen LogP contribution in [-0.4, -0.2) is 4.98 Å². The molecule has 0 N–H and O–H groups in total. The summed E-state index contributed by atoms with van der Waals surface area (Å²) in [5.74, 6) is 0. The van der Waals surface area contributed by atoms with Gasteiger partial charge in [0.05, 0.1) is 16.1 Å². The van der Waals surface area contributed by atoms with E-state index in [1.165, 1.54) is 4.88 Å². The van der Waals surface area contributed by atoms with E-state index >= 15 is 0 Å². The Labute approximate surface area is 86.5 Å². The minimum absolute atomic E-state index is 0.599. The summed E-state index contributed by atoms with van der Waals surface area (Å²) in [6.07, 6.45) is 1.60. The highest BCUT2D eigenvalue weighted by atomic mass is 32.1. The fourth-order valence-electron chi connectivity index (χ4n) is 1.18. The van der Waals surface area contributed by atoms with E-state index in [1.807, 2.05) is 12.1 Å². The summed E-state index contributed by atoms with van der Waals surface area (Å²) in [7, 11) is 0. The van der Waals surface area contributed by atoms with Gasteiger partial charge in [0.2, 0.25) is 0 Å². The van der Waals surface area contributed by atoms with Crippen LogP contribution in [0.25, 0.3) is 10.6 Å². The highest BCUT2D eigenvalue weighted by Crippen LogP contribution is 2.25. The Morgan fingerprint density at radius 1 is 1.29 bits per heavy atom. The van der Waals surface area contributed by atoms with Gasteiger partial charge in [0.1, 0.15) is 6.07 Å². The summed E-state index contributed by atoms with van der Waals surface area (Å²) in [4.78, 5) is 6.64. The molecule has 2 nitrogen and oxygen atoms in total. The van der Waals surface area contributed by atoms with Crippen LogP contribution >= 0.6 is 11.3 Å². The first-order valence-electron chi connectivity index (χ1n) is 4.22. The molecular formula is C11H8N2S. The lowest BCUT2D eigenvalue weighted by molar-refractivity contribution is 1.31.